The van der Waals surface area contributed by atoms with Gasteiger partial charge in [0.1, 0.15) is 11.6 Å². The van der Waals surface area contributed by atoms with Gasteiger partial charge < -0.3 is 4.74 Å². The minimum absolute atomic E-state index is 0.0383. The van der Waals surface area contributed by atoms with E-state index in [1.807, 2.05) is 24.5 Å². The molecule has 0 aliphatic rings. The number of hydrogen-bond donors (Lipinski definition) is 0. The van der Waals surface area contributed by atoms with Crippen LogP contribution in [0.25, 0.3) is 6.08 Å². The monoisotopic (exact) mass is 253 g/mol. The molecule has 1 aromatic rings. The molecule has 0 radical (unpaired) electrons. The molecule has 0 atom stereocenters. The molecule has 0 spiro atoms. The quantitative estimate of drug-likeness (QED) is 0.358. The van der Waals surface area contributed by atoms with E-state index in [-0.39, 0.29) is 12.2 Å². The topological polar surface area (TPSA) is 50.1 Å². The number of carbonyl (C=O) groups excluding carboxylic acids is 1. The summed E-state index contributed by atoms with van der Waals surface area (Å²) in [4.78, 5) is 12.2. The van der Waals surface area contributed by atoms with Crippen LogP contribution in [0.4, 0.5) is 0 Å². The molecule has 3 nitrogen and oxygen atoms in total. The number of thiophene rings is 1. The first-order valence-electron chi connectivity index (χ1n) is 4.64. The number of hydrogen-bond acceptors (Lipinski definition) is 5. The van der Waals surface area contributed by atoms with Gasteiger partial charge in [0.15, 0.2) is 0 Å². The fourth-order valence-corrected chi connectivity index (χ4v) is 2.52. The fourth-order valence-electron chi connectivity index (χ4n) is 1.01. The van der Waals surface area contributed by atoms with E-state index in [4.69, 9.17) is 10.00 Å². The average Bonchev–Trinajstić information content (AvgIpc) is 2.73. The number of nitriles is 1. The Bertz CT molecular complexity index is 443. The Kier molecular flexibility index (Phi) is 5.09. The van der Waals surface area contributed by atoms with Crippen LogP contribution in [0, 0.1) is 11.3 Å². The summed E-state index contributed by atoms with van der Waals surface area (Å²) in [6, 6.07) is 5.69. The molecule has 0 aromatic carbocycles. The minimum atomic E-state index is -0.566. The highest BCUT2D eigenvalue weighted by molar-refractivity contribution is 8.00. The summed E-state index contributed by atoms with van der Waals surface area (Å²) in [7, 11) is 0. The lowest BCUT2D eigenvalue weighted by Gasteiger charge is -1.97. The maximum absolute atomic E-state index is 11.3. The lowest BCUT2D eigenvalue weighted by Crippen LogP contribution is -2.05. The highest BCUT2D eigenvalue weighted by Gasteiger charge is 2.10. The van der Waals surface area contributed by atoms with Crippen molar-refractivity contribution in [3.63, 3.8) is 0 Å². The van der Waals surface area contributed by atoms with Gasteiger partial charge in [0.25, 0.3) is 0 Å². The van der Waals surface area contributed by atoms with Gasteiger partial charge in [0.2, 0.25) is 0 Å². The van der Waals surface area contributed by atoms with Gasteiger partial charge in [-0.25, -0.2) is 4.79 Å². The van der Waals surface area contributed by atoms with E-state index in [0.29, 0.717) is 0 Å². The largest absolute Gasteiger partial charge is 0.462 e. The van der Waals surface area contributed by atoms with Crippen LogP contribution in [0.5, 0.6) is 0 Å². The van der Waals surface area contributed by atoms with Crippen molar-refractivity contribution in [2.75, 3.05) is 12.9 Å². The molecule has 84 valence electrons. The van der Waals surface area contributed by atoms with E-state index in [0.717, 1.165) is 9.09 Å². The van der Waals surface area contributed by atoms with E-state index < -0.39 is 5.97 Å². The fraction of sp³-hybridized carbons (Fsp3) is 0.273. The molecule has 0 fully saturated rings. The van der Waals surface area contributed by atoms with Crippen molar-refractivity contribution in [1.29, 1.82) is 5.26 Å². The molecular formula is C11H11NO2S2. The SMILES string of the molecule is CCOC(=O)/C(C#N)=C/c1ccc(SC)s1. The lowest BCUT2D eigenvalue weighted by atomic mass is 10.2. The predicted molar refractivity (Wildman–Crippen MR) is 66.3 cm³/mol. The van der Waals surface area contributed by atoms with Crippen LogP contribution in [0.3, 0.4) is 0 Å². The second-order valence-electron chi connectivity index (χ2n) is 2.75. The summed E-state index contributed by atoms with van der Waals surface area (Å²) >= 11 is 3.17. The lowest BCUT2D eigenvalue weighted by molar-refractivity contribution is -0.137. The van der Waals surface area contributed by atoms with Crippen LogP contribution >= 0.6 is 23.1 Å². The van der Waals surface area contributed by atoms with Crippen molar-refractivity contribution in [3.05, 3.63) is 22.6 Å². The van der Waals surface area contributed by atoms with Gasteiger partial charge in [0, 0.05) is 4.88 Å². The molecule has 16 heavy (non-hydrogen) atoms. The van der Waals surface area contributed by atoms with Crippen LogP contribution in [0.2, 0.25) is 0 Å². The van der Waals surface area contributed by atoms with Crippen LogP contribution in [0.1, 0.15) is 11.8 Å². The first kappa shape index (κ1) is 12.8. The number of thioether (sulfide) groups is 1. The van der Waals surface area contributed by atoms with Crippen LogP contribution in [-0.4, -0.2) is 18.8 Å². The Morgan fingerprint density at radius 2 is 2.44 bits per heavy atom. The van der Waals surface area contributed by atoms with E-state index in [9.17, 15) is 4.79 Å². The van der Waals surface area contributed by atoms with E-state index in [1.165, 1.54) is 11.3 Å². The molecule has 1 heterocycles. The van der Waals surface area contributed by atoms with Gasteiger partial charge in [-0.3, -0.25) is 0 Å². The Morgan fingerprint density at radius 1 is 1.69 bits per heavy atom. The normalized spacial score (nSPS) is 10.9. The molecule has 0 aliphatic carbocycles. The second-order valence-corrected chi connectivity index (χ2v) is 4.97. The highest BCUT2D eigenvalue weighted by atomic mass is 32.2. The Labute approximate surface area is 103 Å². The van der Waals surface area contributed by atoms with Crippen molar-refractivity contribution in [1.82, 2.24) is 0 Å². The van der Waals surface area contributed by atoms with Gasteiger partial charge in [-0.2, -0.15) is 5.26 Å². The predicted octanol–water partition coefficient (Wildman–Crippen LogP) is 2.94. The summed E-state index contributed by atoms with van der Waals surface area (Å²) in [5, 5.41) is 8.83. The second kappa shape index (κ2) is 6.36. The molecule has 0 N–H and O–H groups in total. The highest BCUT2D eigenvalue weighted by Crippen LogP contribution is 2.26. The third-order valence-electron chi connectivity index (χ3n) is 1.71. The van der Waals surface area contributed by atoms with E-state index in [1.54, 1.807) is 24.8 Å². The van der Waals surface area contributed by atoms with Gasteiger partial charge in [0.05, 0.1) is 10.8 Å². The Morgan fingerprint density at radius 3 is 2.94 bits per heavy atom. The van der Waals surface area contributed by atoms with Gasteiger partial charge in [-0.05, 0) is 31.4 Å². The molecule has 0 aliphatic heterocycles. The van der Waals surface area contributed by atoms with Gasteiger partial charge in [-0.1, -0.05) is 0 Å². The number of ether oxygens (including phenoxy) is 1. The molecule has 0 amide bonds. The summed E-state index contributed by atoms with van der Waals surface area (Å²) in [5.74, 6) is -0.566. The van der Waals surface area contributed by atoms with Gasteiger partial charge >= 0.3 is 5.97 Å². The molecule has 1 aromatic heterocycles. The standard InChI is InChI=1S/C11H11NO2S2/c1-3-14-11(13)8(7-12)6-9-4-5-10(15-2)16-9/h4-6H,3H2,1-2H3/b8-6+. The summed E-state index contributed by atoms with van der Waals surface area (Å²) < 4.78 is 5.92. The average molecular weight is 253 g/mol. The summed E-state index contributed by atoms with van der Waals surface area (Å²) in [6.07, 6.45) is 3.54. The van der Waals surface area contributed by atoms with Crippen molar-refractivity contribution >= 4 is 35.1 Å². The molecule has 1 rings (SSSR count). The number of nitrogens with zero attached hydrogens (tertiary/aromatic N) is 1. The zero-order valence-electron chi connectivity index (χ0n) is 9.02. The Balaban J connectivity index is 2.88. The molecule has 0 bridgehead atoms. The first-order valence-corrected chi connectivity index (χ1v) is 6.68. The molecular weight excluding hydrogens is 242 g/mol. The number of esters is 1. The Hall–Kier alpha value is -1.25. The van der Waals surface area contributed by atoms with Gasteiger partial charge in [-0.15, -0.1) is 23.1 Å². The van der Waals surface area contributed by atoms with Crippen molar-refractivity contribution in [2.45, 2.75) is 11.1 Å². The molecule has 0 saturated carbocycles. The summed E-state index contributed by atoms with van der Waals surface area (Å²) in [6.45, 7) is 1.99. The van der Waals surface area contributed by atoms with E-state index in [2.05, 4.69) is 0 Å². The van der Waals surface area contributed by atoms with Crippen LogP contribution in [0.15, 0.2) is 21.9 Å². The zero-order valence-corrected chi connectivity index (χ0v) is 10.7. The molecule has 5 heteroatoms. The first-order chi connectivity index (χ1) is 7.71. The third-order valence-corrected chi connectivity index (χ3v) is 3.82. The maximum Gasteiger partial charge on any atom is 0.348 e. The minimum Gasteiger partial charge on any atom is -0.462 e. The number of rotatable bonds is 4. The summed E-state index contributed by atoms with van der Waals surface area (Å²) in [5.41, 5.74) is 0.0383. The van der Waals surface area contributed by atoms with E-state index >= 15 is 0 Å². The zero-order chi connectivity index (χ0) is 12.0. The van der Waals surface area contributed by atoms with Crippen molar-refractivity contribution in [2.24, 2.45) is 0 Å². The maximum atomic E-state index is 11.3. The molecule has 0 saturated heterocycles. The number of carbonyl (C=O) groups is 1. The molecule has 0 unspecified atom stereocenters. The van der Waals surface area contributed by atoms with Crippen molar-refractivity contribution < 1.29 is 9.53 Å². The smallest absolute Gasteiger partial charge is 0.348 e. The van der Waals surface area contributed by atoms with Crippen molar-refractivity contribution in [3.8, 4) is 6.07 Å². The van der Waals surface area contributed by atoms with Crippen LogP contribution < -0.4 is 0 Å². The third kappa shape index (κ3) is 3.40. The van der Waals surface area contributed by atoms with Crippen LogP contribution in [-0.2, 0) is 9.53 Å².